The van der Waals surface area contributed by atoms with Gasteiger partial charge in [-0.2, -0.15) is 0 Å². The van der Waals surface area contributed by atoms with Gasteiger partial charge in [0, 0.05) is 18.9 Å². The number of aromatic nitrogens is 1. The van der Waals surface area contributed by atoms with E-state index in [1.165, 1.54) is 0 Å². The molecule has 1 aromatic heterocycles. The Hall–Kier alpha value is -1.58. The molecule has 0 amide bonds. The molecular formula is C8H10N2O2. The van der Waals surface area contributed by atoms with Crippen molar-refractivity contribution in [2.75, 3.05) is 11.9 Å². The highest BCUT2D eigenvalue weighted by molar-refractivity contribution is 5.67. The minimum atomic E-state index is -0.800. The summed E-state index contributed by atoms with van der Waals surface area (Å²) in [6.07, 6.45) is 3.44. The molecule has 0 saturated heterocycles. The van der Waals surface area contributed by atoms with Crippen molar-refractivity contribution < 1.29 is 9.90 Å². The summed E-state index contributed by atoms with van der Waals surface area (Å²) >= 11 is 0. The van der Waals surface area contributed by atoms with Gasteiger partial charge in [0.05, 0.1) is 12.1 Å². The first-order chi connectivity index (χ1) is 5.79. The number of nitrogens with zero attached hydrogens (tertiary/aromatic N) is 1. The highest BCUT2D eigenvalue weighted by Crippen LogP contribution is 2.01. The highest BCUT2D eigenvalue weighted by Gasteiger charge is 1.95. The molecule has 0 spiro atoms. The van der Waals surface area contributed by atoms with E-state index in [0.717, 1.165) is 5.69 Å². The van der Waals surface area contributed by atoms with Gasteiger partial charge in [0.15, 0.2) is 0 Å². The van der Waals surface area contributed by atoms with Crippen LogP contribution in [0.4, 0.5) is 5.69 Å². The van der Waals surface area contributed by atoms with Gasteiger partial charge in [0.1, 0.15) is 0 Å². The van der Waals surface area contributed by atoms with Gasteiger partial charge in [-0.25, -0.2) is 0 Å². The van der Waals surface area contributed by atoms with E-state index in [0.29, 0.717) is 6.54 Å². The largest absolute Gasteiger partial charge is 0.481 e. The van der Waals surface area contributed by atoms with E-state index < -0.39 is 5.97 Å². The van der Waals surface area contributed by atoms with E-state index in [1.54, 1.807) is 18.5 Å². The van der Waals surface area contributed by atoms with Crippen LogP contribution in [0.25, 0.3) is 0 Å². The second-order valence-electron chi connectivity index (χ2n) is 2.31. The zero-order valence-electron chi connectivity index (χ0n) is 6.53. The molecule has 4 nitrogen and oxygen atoms in total. The quantitative estimate of drug-likeness (QED) is 0.699. The maximum atomic E-state index is 10.1. The van der Waals surface area contributed by atoms with E-state index in [1.807, 2.05) is 6.07 Å². The Morgan fingerprint density at radius 2 is 2.50 bits per heavy atom. The van der Waals surface area contributed by atoms with E-state index >= 15 is 0 Å². The zero-order valence-corrected chi connectivity index (χ0v) is 6.53. The van der Waals surface area contributed by atoms with Gasteiger partial charge in [0.2, 0.25) is 0 Å². The highest BCUT2D eigenvalue weighted by atomic mass is 16.4. The SMILES string of the molecule is O=C(O)CCNc1cccnc1. The van der Waals surface area contributed by atoms with Crippen LogP contribution in [0.5, 0.6) is 0 Å². The molecule has 4 heteroatoms. The number of hydrogen-bond donors (Lipinski definition) is 2. The van der Waals surface area contributed by atoms with Crippen molar-refractivity contribution >= 4 is 11.7 Å². The van der Waals surface area contributed by atoms with Crippen molar-refractivity contribution in [3.8, 4) is 0 Å². The number of carboxylic acid groups (broad SMARTS) is 1. The molecule has 1 aromatic rings. The lowest BCUT2D eigenvalue weighted by Crippen LogP contribution is -2.07. The first-order valence-electron chi connectivity index (χ1n) is 3.65. The van der Waals surface area contributed by atoms with Crippen molar-refractivity contribution in [3.63, 3.8) is 0 Å². The molecule has 0 fully saturated rings. The third-order valence-corrected chi connectivity index (χ3v) is 1.33. The number of carbonyl (C=O) groups is 1. The molecule has 0 unspecified atom stereocenters. The molecule has 0 aliphatic rings. The number of hydrogen-bond acceptors (Lipinski definition) is 3. The Balaban J connectivity index is 2.29. The Labute approximate surface area is 70.3 Å². The topological polar surface area (TPSA) is 62.2 Å². The van der Waals surface area contributed by atoms with Crippen LogP contribution in [0.15, 0.2) is 24.5 Å². The summed E-state index contributed by atoms with van der Waals surface area (Å²) in [6, 6.07) is 3.64. The normalized spacial score (nSPS) is 9.33. The molecule has 12 heavy (non-hydrogen) atoms. The maximum absolute atomic E-state index is 10.1. The monoisotopic (exact) mass is 166 g/mol. The number of aliphatic carboxylic acids is 1. The summed E-state index contributed by atoms with van der Waals surface area (Å²) in [6.45, 7) is 0.432. The third-order valence-electron chi connectivity index (χ3n) is 1.33. The number of pyridine rings is 1. The van der Waals surface area contributed by atoms with Crippen LogP contribution in [0.2, 0.25) is 0 Å². The predicted octanol–water partition coefficient (Wildman–Crippen LogP) is 0.968. The maximum Gasteiger partial charge on any atom is 0.305 e. The second kappa shape index (κ2) is 4.33. The third kappa shape index (κ3) is 3.01. The summed E-state index contributed by atoms with van der Waals surface area (Å²) in [4.78, 5) is 14.0. The molecule has 64 valence electrons. The Morgan fingerprint density at radius 3 is 3.08 bits per heavy atom. The molecule has 2 N–H and O–H groups in total. The molecule has 0 saturated carbocycles. The minimum absolute atomic E-state index is 0.120. The number of nitrogens with one attached hydrogen (secondary N) is 1. The zero-order chi connectivity index (χ0) is 8.81. The van der Waals surface area contributed by atoms with Crippen molar-refractivity contribution in [1.82, 2.24) is 4.98 Å². The van der Waals surface area contributed by atoms with Crippen LogP contribution in [0.1, 0.15) is 6.42 Å². The van der Waals surface area contributed by atoms with E-state index in [9.17, 15) is 4.79 Å². The minimum Gasteiger partial charge on any atom is -0.481 e. The van der Waals surface area contributed by atoms with E-state index in [2.05, 4.69) is 10.3 Å². The molecule has 0 radical (unpaired) electrons. The fraction of sp³-hybridized carbons (Fsp3) is 0.250. The average Bonchev–Trinajstić information content (AvgIpc) is 2.05. The van der Waals surface area contributed by atoms with Crippen molar-refractivity contribution in [1.29, 1.82) is 0 Å². The lowest BCUT2D eigenvalue weighted by molar-refractivity contribution is -0.136. The Kier molecular flexibility index (Phi) is 3.07. The standard InChI is InChI=1S/C8H10N2O2/c11-8(12)3-5-10-7-2-1-4-9-6-7/h1-2,4,6,10H,3,5H2,(H,11,12). The molecule has 0 atom stereocenters. The van der Waals surface area contributed by atoms with Crippen LogP contribution >= 0.6 is 0 Å². The average molecular weight is 166 g/mol. The number of rotatable bonds is 4. The number of carboxylic acids is 1. The molecule has 0 aromatic carbocycles. The van der Waals surface area contributed by atoms with Gasteiger partial charge in [-0.15, -0.1) is 0 Å². The van der Waals surface area contributed by atoms with Crippen LogP contribution < -0.4 is 5.32 Å². The smallest absolute Gasteiger partial charge is 0.305 e. The summed E-state index contributed by atoms with van der Waals surface area (Å²) in [7, 11) is 0. The van der Waals surface area contributed by atoms with Crippen LogP contribution in [0, 0.1) is 0 Å². The van der Waals surface area contributed by atoms with Crippen molar-refractivity contribution in [2.24, 2.45) is 0 Å². The first kappa shape index (κ1) is 8.52. The fourth-order valence-electron chi connectivity index (χ4n) is 0.781. The van der Waals surface area contributed by atoms with E-state index in [4.69, 9.17) is 5.11 Å². The lowest BCUT2D eigenvalue weighted by atomic mass is 10.4. The summed E-state index contributed by atoms with van der Waals surface area (Å²) < 4.78 is 0. The summed E-state index contributed by atoms with van der Waals surface area (Å²) in [5, 5.41) is 11.3. The molecule has 0 aliphatic heterocycles. The first-order valence-corrected chi connectivity index (χ1v) is 3.65. The van der Waals surface area contributed by atoms with Gasteiger partial charge >= 0.3 is 5.97 Å². The van der Waals surface area contributed by atoms with Gasteiger partial charge in [-0.1, -0.05) is 0 Å². The second-order valence-corrected chi connectivity index (χ2v) is 2.31. The van der Waals surface area contributed by atoms with Crippen molar-refractivity contribution in [3.05, 3.63) is 24.5 Å². The van der Waals surface area contributed by atoms with E-state index in [-0.39, 0.29) is 6.42 Å². The van der Waals surface area contributed by atoms with Gasteiger partial charge < -0.3 is 10.4 Å². The lowest BCUT2D eigenvalue weighted by Gasteiger charge is -2.01. The summed E-state index contributed by atoms with van der Waals surface area (Å²) in [5.41, 5.74) is 0.846. The van der Waals surface area contributed by atoms with Crippen molar-refractivity contribution in [2.45, 2.75) is 6.42 Å². The summed E-state index contributed by atoms with van der Waals surface area (Å²) in [5.74, 6) is -0.800. The molecule has 1 rings (SSSR count). The number of anilines is 1. The van der Waals surface area contributed by atoms with Crippen LogP contribution in [-0.2, 0) is 4.79 Å². The molecule has 0 aliphatic carbocycles. The van der Waals surface area contributed by atoms with Gasteiger partial charge in [-0.3, -0.25) is 9.78 Å². The van der Waals surface area contributed by atoms with Gasteiger partial charge in [0.25, 0.3) is 0 Å². The Morgan fingerprint density at radius 1 is 1.67 bits per heavy atom. The molecule has 1 heterocycles. The van der Waals surface area contributed by atoms with Gasteiger partial charge in [-0.05, 0) is 12.1 Å². The molecule has 0 bridgehead atoms. The predicted molar refractivity (Wildman–Crippen MR) is 45.0 cm³/mol. The molecular weight excluding hydrogens is 156 g/mol. The fourth-order valence-corrected chi connectivity index (χ4v) is 0.781. The Bertz CT molecular complexity index is 248. The van der Waals surface area contributed by atoms with Crippen LogP contribution in [0.3, 0.4) is 0 Å². The van der Waals surface area contributed by atoms with Crippen LogP contribution in [-0.4, -0.2) is 22.6 Å².